The van der Waals surface area contributed by atoms with Gasteiger partial charge in [0.25, 0.3) is 0 Å². The van der Waals surface area contributed by atoms with Crippen molar-refractivity contribution in [2.45, 2.75) is 159 Å². The number of allylic oxidation sites excluding steroid dienone is 13. The smallest absolute Gasteiger partial charge is 0.220 e. The van der Waals surface area contributed by atoms with Crippen LogP contribution in [0.4, 0.5) is 0 Å². The van der Waals surface area contributed by atoms with Crippen LogP contribution in [-0.2, 0) is 14.3 Å². The summed E-state index contributed by atoms with van der Waals surface area (Å²) in [5.41, 5.74) is 0. The molecule has 1 aliphatic heterocycles. The Kier molecular flexibility index (Phi) is 29.2. The molecule has 1 heterocycles. The summed E-state index contributed by atoms with van der Waals surface area (Å²) in [4.78, 5) is 12.7. The van der Waals surface area contributed by atoms with Crippen LogP contribution in [0.3, 0.4) is 0 Å². The van der Waals surface area contributed by atoms with Gasteiger partial charge in [-0.05, 0) is 64.2 Å². The van der Waals surface area contributed by atoms with Crippen LogP contribution in [0, 0.1) is 0 Å². The van der Waals surface area contributed by atoms with Gasteiger partial charge in [-0.25, -0.2) is 0 Å². The lowest BCUT2D eigenvalue weighted by Crippen LogP contribution is -2.60. The van der Waals surface area contributed by atoms with Crippen molar-refractivity contribution in [1.29, 1.82) is 0 Å². The molecule has 0 bridgehead atoms. The van der Waals surface area contributed by atoms with Crippen LogP contribution in [0.15, 0.2) is 85.1 Å². The van der Waals surface area contributed by atoms with Gasteiger partial charge in [-0.1, -0.05) is 131 Å². The van der Waals surface area contributed by atoms with Crippen LogP contribution < -0.4 is 5.32 Å². The molecule has 51 heavy (non-hydrogen) atoms. The molecule has 1 amide bonds. The normalized spacial score (nSPS) is 23.0. The van der Waals surface area contributed by atoms with E-state index in [0.717, 1.165) is 96.3 Å². The number of ether oxygens (including phenoxy) is 2. The van der Waals surface area contributed by atoms with Gasteiger partial charge in [0.05, 0.1) is 25.4 Å². The Morgan fingerprint density at radius 3 is 1.76 bits per heavy atom. The summed E-state index contributed by atoms with van der Waals surface area (Å²) in [5.74, 6) is -0.210. The van der Waals surface area contributed by atoms with Crippen molar-refractivity contribution < 1.29 is 39.8 Å². The molecule has 0 saturated carbocycles. The van der Waals surface area contributed by atoms with Gasteiger partial charge in [-0.3, -0.25) is 4.79 Å². The van der Waals surface area contributed by atoms with Gasteiger partial charge in [0.1, 0.15) is 24.4 Å². The fraction of sp³-hybridized carbons (Fsp3) is 0.643. The minimum absolute atomic E-state index is 0.206. The Hall–Kier alpha value is -2.63. The fourth-order valence-corrected chi connectivity index (χ4v) is 5.34. The number of hydrogen-bond acceptors (Lipinski definition) is 8. The predicted octanol–water partition coefficient (Wildman–Crippen LogP) is 6.82. The van der Waals surface area contributed by atoms with Crippen molar-refractivity contribution in [3.8, 4) is 0 Å². The van der Waals surface area contributed by atoms with E-state index in [1.165, 1.54) is 0 Å². The lowest BCUT2D eigenvalue weighted by atomic mass is 9.99. The summed E-state index contributed by atoms with van der Waals surface area (Å²) in [6.45, 7) is 3.39. The molecule has 1 saturated heterocycles. The molecule has 0 aromatic carbocycles. The molecule has 9 heteroatoms. The van der Waals surface area contributed by atoms with Gasteiger partial charge >= 0.3 is 0 Å². The molecule has 1 fully saturated rings. The summed E-state index contributed by atoms with van der Waals surface area (Å²) in [5, 5.41) is 53.2. The number of aliphatic hydroxyl groups excluding tert-OH is 5. The zero-order valence-electron chi connectivity index (χ0n) is 31.3. The number of amides is 1. The highest BCUT2D eigenvalue weighted by Gasteiger charge is 2.44. The van der Waals surface area contributed by atoms with E-state index < -0.39 is 49.5 Å². The minimum Gasteiger partial charge on any atom is -0.394 e. The number of carbonyl (C=O) groups excluding carboxylic acids is 1. The largest absolute Gasteiger partial charge is 0.394 e. The van der Waals surface area contributed by atoms with Crippen LogP contribution >= 0.6 is 0 Å². The van der Waals surface area contributed by atoms with Crippen molar-refractivity contribution in [2.75, 3.05) is 13.2 Å². The van der Waals surface area contributed by atoms with Crippen LogP contribution in [0.5, 0.6) is 0 Å². The van der Waals surface area contributed by atoms with Crippen molar-refractivity contribution in [3.63, 3.8) is 0 Å². The molecule has 7 atom stereocenters. The molecule has 0 aromatic heterocycles. The molecule has 7 unspecified atom stereocenters. The van der Waals surface area contributed by atoms with Crippen LogP contribution in [0.25, 0.3) is 0 Å². The third kappa shape index (κ3) is 23.5. The first kappa shape index (κ1) is 46.4. The molecule has 290 valence electrons. The minimum atomic E-state index is -1.57. The van der Waals surface area contributed by atoms with E-state index in [2.05, 4.69) is 85.2 Å². The van der Waals surface area contributed by atoms with Crippen LogP contribution in [0.1, 0.15) is 117 Å². The molecule has 0 spiro atoms. The van der Waals surface area contributed by atoms with E-state index in [9.17, 15) is 30.3 Å². The SMILES string of the molecule is CC/C=C\C/C=C\C/C=C\C/C=C\C/C=C\C/C=C\CCCCCCCCC(=O)NC(COC1OC(CO)C(O)C(O)C1O)C(O)/C=C/CCC. The summed E-state index contributed by atoms with van der Waals surface area (Å²) < 4.78 is 11.0. The van der Waals surface area contributed by atoms with Gasteiger partial charge in [-0.2, -0.15) is 0 Å². The van der Waals surface area contributed by atoms with Gasteiger partial charge < -0.3 is 40.3 Å². The topological polar surface area (TPSA) is 149 Å². The van der Waals surface area contributed by atoms with Crippen molar-refractivity contribution in [2.24, 2.45) is 0 Å². The molecule has 1 rings (SSSR count). The van der Waals surface area contributed by atoms with Crippen molar-refractivity contribution in [3.05, 3.63) is 85.1 Å². The Labute approximate surface area is 308 Å². The maximum Gasteiger partial charge on any atom is 0.220 e. The van der Waals surface area contributed by atoms with E-state index in [0.29, 0.717) is 6.42 Å². The Morgan fingerprint density at radius 1 is 0.686 bits per heavy atom. The highest BCUT2D eigenvalue weighted by Crippen LogP contribution is 2.22. The second kappa shape index (κ2) is 32.1. The average Bonchev–Trinajstić information content (AvgIpc) is 3.13. The Bertz CT molecular complexity index is 1060. The zero-order valence-corrected chi connectivity index (χ0v) is 31.3. The summed E-state index contributed by atoms with van der Waals surface area (Å²) in [6, 6.07) is -0.813. The van der Waals surface area contributed by atoms with Crippen molar-refractivity contribution >= 4 is 5.91 Å². The first-order valence-electron chi connectivity index (χ1n) is 19.3. The molecular weight excluding hydrogens is 646 g/mol. The number of nitrogens with one attached hydrogen (secondary N) is 1. The molecule has 0 radical (unpaired) electrons. The van der Waals surface area contributed by atoms with E-state index in [-0.39, 0.29) is 12.5 Å². The Morgan fingerprint density at radius 2 is 1.22 bits per heavy atom. The van der Waals surface area contributed by atoms with Crippen molar-refractivity contribution in [1.82, 2.24) is 5.32 Å². The Balaban J connectivity index is 2.19. The lowest BCUT2D eigenvalue weighted by Gasteiger charge is -2.40. The zero-order chi connectivity index (χ0) is 37.4. The summed E-state index contributed by atoms with van der Waals surface area (Å²) in [6.07, 6.45) is 37.2. The van der Waals surface area contributed by atoms with E-state index >= 15 is 0 Å². The molecule has 1 aliphatic rings. The highest BCUT2D eigenvalue weighted by molar-refractivity contribution is 5.76. The number of unbranched alkanes of at least 4 members (excludes halogenated alkanes) is 7. The third-order valence-corrected chi connectivity index (χ3v) is 8.46. The number of hydrogen-bond donors (Lipinski definition) is 6. The second-order valence-corrected chi connectivity index (χ2v) is 13.0. The molecule has 0 aliphatic carbocycles. The summed E-state index contributed by atoms with van der Waals surface area (Å²) in [7, 11) is 0. The number of rotatable bonds is 29. The number of carbonyl (C=O) groups is 1. The maximum atomic E-state index is 12.7. The maximum absolute atomic E-state index is 12.7. The molecular formula is C42H69NO8. The number of aliphatic hydroxyl groups is 5. The van der Waals surface area contributed by atoms with E-state index in [4.69, 9.17) is 9.47 Å². The van der Waals surface area contributed by atoms with Gasteiger partial charge in [0.15, 0.2) is 6.29 Å². The second-order valence-electron chi connectivity index (χ2n) is 13.0. The first-order chi connectivity index (χ1) is 24.8. The fourth-order valence-electron chi connectivity index (χ4n) is 5.34. The standard InChI is InChI=1S/C42H69NO8/c1-3-5-7-8-9-10-11-12-13-14-15-16-17-18-19-20-21-22-23-24-25-26-27-28-30-32-38(46)43-35(36(45)31-29-6-4-2)34-50-42-41(49)40(48)39(47)37(33-44)51-42/h5,7,9-10,12-13,15-16,18-19,21-22,29,31,35-37,39-42,44-45,47-49H,3-4,6,8,11,14,17,20,23-28,30,32-34H2,1-2H3,(H,43,46)/b7-5-,10-9-,13-12-,16-15-,19-18-,22-21-,31-29+. The van der Waals surface area contributed by atoms with Gasteiger partial charge in [-0.15, -0.1) is 0 Å². The molecule has 0 aromatic rings. The van der Waals surface area contributed by atoms with Crippen LogP contribution in [0.2, 0.25) is 0 Å². The third-order valence-electron chi connectivity index (χ3n) is 8.46. The highest BCUT2D eigenvalue weighted by atomic mass is 16.7. The predicted molar refractivity (Wildman–Crippen MR) is 207 cm³/mol. The van der Waals surface area contributed by atoms with Gasteiger partial charge in [0.2, 0.25) is 5.91 Å². The summed E-state index contributed by atoms with van der Waals surface area (Å²) >= 11 is 0. The molecule has 6 N–H and O–H groups in total. The molecule has 9 nitrogen and oxygen atoms in total. The van der Waals surface area contributed by atoms with Crippen LogP contribution in [-0.4, -0.2) is 87.5 Å². The quantitative estimate of drug-likeness (QED) is 0.0365. The van der Waals surface area contributed by atoms with E-state index in [1.807, 2.05) is 13.0 Å². The van der Waals surface area contributed by atoms with E-state index in [1.54, 1.807) is 6.08 Å². The first-order valence-corrected chi connectivity index (χ1v) is 19.3. The lowest BCUT2D eigenvalue weighted by molar-refractivity contribution is -0.302. The van der Waals surface area contributed by atoms with Gasteiger partial charge in [0, 0.05) is 6.42 Å². The monoisotopic (exact) mass is 716 g/mol. The average molecular weight is 716 g/mol.